The molecule has 3 nitrogen and oxygen atoms in total. The van der Waals surface area contributed by atoms with Gasteiger partial charge in [-0.3, -0.25) is 4.79 Å². The van der Waals surface area contributed by atoms with Crippen molar-refractivity contribution < 1.29 is 4.79 Å². The summed E-state index contributed by atoms with van der Waals surface area (Å²) in [7, 11) is 0. The van der Waals surface area contributed by atoms with E-state index in [-0.39, 0.29) is 5.78 Å². The van der Waals surface area contributed by atoms with Gasteiger partial charge < -0.3 is 10.2 Å². The molecule has 1 aliphatic heterocycles. The first-order valence-electron chi connectivity index (χ1n) is 4.87. The van der Waals surface area contributed by atoms with E-state index in [1.807, 2.05) is 42.3 Å². The average Bonchev–Trinajstić information content (AvgIpc) is 2.70. The second-order valence-electron chi connectivity index (χ2n) is 3.58. The summed E-state index contributed by atoms with van der Waals surface area (Å²) in [6.45, 7) is 4.14. The van der Waals surface area contributed by atoms with Gasteiger partial charge in [-0.1, -0.05) is 23.8 Å². The number of nitrogens with zero attached hydrogens (tertiary/aromatic N) is 1. The van der Waals surface area contributed by atoms with Crippen LogP contribution >= 0.6 is 0 Å². The molecule has 1 heterocycles. The van der Waals surface area contributed by atoms with Crippen LogP contribution in [0, 0.1) is 13.6 Å². The number of carbonyl (C=O) groups is 1. The van der Waals surface area contributed by atoms with Gasteiger partial charge in [0, 0.05) is 18.0 Å². The molecule has 0 fully saturated rings. The highest BCUT2D eigenvalue weighted by atomic mass is 16.1. The van der Waals surface area contributed by atoms with Gasteiger partial charge in [0.1, 0.15) is 6.67 Å². The Kier molecular flexibility index (Phi) is 2.72. The zero-order chi connectivity index (χ0) is 10.7. The van der Waals surface area contributed by atoms with Gasteiger partial charge in [-0.2, -0.15) is 0 Å². The summed E-state index contributed by atoms with van der Waals surface area (Å²) in [6.07, 6.45) is 3.64. The Morgan fingerprint density at radius 2 is 2.33 bits per heavy atom. The van der Waals surface area contributed by atoms with Crippen molar-refractivity contribution in [3.8, 4) is 0 Å². The smallest absolute Gasteiger partial charge is 0.182 e. The molecule has 2 rings (SSSR count). The van der Waals surface area contributed by atoms with Gasteiger partial charge in [-0.05, 0) is 13.0 Å². The number of nitrogens with one attached hydrogen (secondary N) is 1. The molecule has 0 amide bonds. The van der Waals surface area contributed by atoms with Crippen molar-refractivity contribution in [2.75, 3.05) is 6.54 Å². The standard InChI is InChI=1S/C12H13N2O/c1-10-3-2-4-11(7-10)12(15)8-14-6-5-13-9-14/h2-7,9,13H,8H2,1H3. The summed E-state index contributed by atoms with van der Waals surface area (Å²) in [4.78, 5) is 13.7. The molecule has 0 spiro atoms. The van der Waals surface area contributed by atoms with Gasteiger partial charge in [0.15, 0.2) is 5.78 Å². The van der Waals surface area contributed by atoms with Gasteiger partial charge in [0.2, 0.25) is 0 Å². The molecule has 0 aromatic heterocycles. The maximum atomic E-state index is 11.8. The Hall–Kier alpha value is -1.77. The highest BCUT2D eigenvalue weighted by Crippen LogP contribution is 2.07. The van der Waals surface area contributed by atoms with E-state index < -0.39 is 0 Å². The van der Waals surface area contributed by atoms with E-state index in [0.717, 1.165) is 11.1 Å². The third-order valence-electron chi connectivity index (χ3n) is 2.27. The van der Waals surface area contributed by atoms with Crippen molar-refractivity contribution in [2.45, 2.75) is 6.92 Å². The quantitative estimate of drug-likeness (QED) is 0.755. The molecule has 1 aliphatic rings. The molecule has 77 valence electrons. The van der Waals surface area contributed by atoms with E-state index in [9.17, 15) is 4.79 Å². The maximum Gasteiger partial charge on any atom is 0.182 e. The molecule has 1 aromatic carbocycles. The molecule has 0 saturated carbocycles. The fourth-order valence-corrected chi connectivity index (χ4v) is 1.49. The summed E-state index contributed by atoms with van der Waals surface area (Å²) in [5.41, 5.74) is 1.88. The fraction of sp³-hybridized carbons (Fsp3) is 0.167. The topological polar surface area (TPSA) is 32.3 Å². The van der Waals surface area contributed by atoms with Gasteiger partial charge in [-0.25, -0.2) is 0 Å². The lowest BCUT2D eigenvalue weighted by Gasteiger charge is -2.12. The first-order chi connectivity index (χ1) is 7.25. The van der Waals surface area contributed by atoms with Crippen LogP contribution in [0.4, 0.5) is 0 Å². The van der Waals surface area contributed by atoms with Crippen molar-refractivity contribution in [3.63, 3.8) is 0 Å². The molecule has 0 atom stereocenters. The number of rotatable bonds is 3. The molecule has 1 aromatic rings. The number of hydrogen-bond donors (Lipinski definition) is 1. The number of Topliss-reactive ketones (excluding diaryl/α,β-unsaturated/α-hetero) is 1. The van der Waals surface area contributed by atoms with E-state index in [2.05, 4.69) is 5.32 Å². The van der Waals surface area contributed by atoms with Crippen molar-refractivity contribution in [1.29, 1.82) is 0 Å². The van der Waals surface area contributed by atoms with Crippen LogP contribution in [0.3, 0.4) is 0 Å². The summed E-state index contributed by atoms with van der Waals surface area (Å²) in [6, 6.07) is 7.66. The van der Waals surface area contributed by atoms with Gasteiger partial charge >= 0.3 is 0 Å². The van der Waals surface area contributed by atoms with Crippen LogP contribution in [0.25, 0.3) is 0 Å². The zero-order valence-corrected chi connectivity index (χ0v) is 8.60. The summed E-state index contributed by atoms with van der Waals surface area (Å²) in [5, 5.41) is 2.91. The van der Waals surface area contributed by atoms with Crippen LogP contribution in [0.2, 0.25) is 0 Å². The molecule has 0 saturated heterocycles. The number of benzene rings is 1. The fourth-order valence-electron chi connectivity index (χ4n) is 1.49. The molecular formula is C12H13N2O. The SMILES string of the molecule is Cc1cccc(C(=O)CN2[CH]NC=C2)c1. The number of aryl methyl sites for hydroxylation is 1. The third kappa shape index (κ3) is 2.37. The Balaban J connectivity index is 2.04. The van der Waals surface area contributed by atoms with E-state index in [0.29, 0.717) is 6.54 Å². The van der Waals surface area contributed by atoms with Gasteiger partial charge in [-0.15, -0.1) is 0 Å². The predicted molar refractivity (Wildman–Crippen MR) is 58.8 cm³/mol. The lowest BCUT2D eigenvalue weighted by atomic mass is 10.1. The molecule has 3 heteroatoms. The maximum absolute atomic E-state index is 11.8. The normalized spacial score (nSPS) is 14.1. The highest BCUT2D eigenvalue weighted by molar-refractivity contribution is 5.97. The molecule has 0 unspecified atom stereocenters. The van der Waals surface area contributed by atoms with Gasteiger partial charge in [0.25, 0.3) is 0 Å². The number of ketones is 1. The molecule has 0 aliphatic carbocycles. The monoisotopic (exact) mass is 201 g/mol. The minimum atomic E-state index is 0.128. The van der Waals surface area contributed by atoms with Crippen LogP contribution in [0.15, 0.2) is 36.7 Å². The molecule has 0 bridgehead atoms. The minimum Gasteiger partial charge on any atom is -0.367 e. The Labute approximate surface area is 89.4 Å². The van der Waals surface area contributed by atoms with E-state index in [1.54, 1.807) is 12.9 Å². The van der Waals surface area contributed by atoms with Crippen molar-refractivity contribution in [1.82, 2.24) is 10.2 Å². The first kappa shape index (κ1) is 9.77. The molecular weight excluding hydrogens is 188 g/mol. The van der Waals surface area contributed by atoms with E-state index >= 15 is 0 Å². The largest absolute Gasteiger partial charge is 0.367 e. The lowest BCUT2D eigenvalue weighted by molar-refractivity contribution is 0.0965. The van der Waals surface area contributed by atoms with Crippen molar-refractivity contribution in [2.24, 2.45) is 0 Å². The summed E-state index contributed by atoms with van der Waals surface area (Å²) < 4.78 is 0. The Bertz CT molecular complexity index is 398. The van der Waals surface area contributed by atoms with Crippen LogP contribution in [0.1, 0.15) is 15.9 Å². The average molecular weight is 201 g/mol. The Morgan fingerprint density at radius 1 is 1.47 bits per heavy atom. The van der Waals surface area contributed by atoms with Crippen LogP contribution < -0.4 is 5.32 Å². The second-order valence-corrected chi connectivity index (χ2v) is 3.58. The zero-order valence-electron chi connectivity index (χ0n) is 8.60. The van der Waals surface area contributed by atoms with Crippen LogP contribution in [0.5, 0.6) is 0 Å². The molecule has 1 N–H and O–H groups in total. The van der Waals surface area contributed by atoms with Crippen LogP contribution in [-0.4, -0.2) is 17.2 Å². The molecule has 1 radical (unpaired) electrons. The molecule has 15 heavy (non-hydrogen) atoms. The first-order valence-corrected chi connectivity index (χ1v) is 4.87. The third-order valence-corrected chi connectivity index (χ3v) is 2.27. The van der Waals surface area contributed by atoms with Crippen molar-refractivity contribution >= 4 is 5.78 Å². The number of carbonyl (C=O) groups excluding carboxylic acids is 1. The van der Waals surface area contributed by atoms with Crippen molar-refractivity contribution in [3.05, 3.63) is 54.5 Å². The number of hydrogen-bond acceptors (Lipinski definition) is 3. The van der Waals surface area contributed by atoms with E-state index in [1.165, 1.54) is 0 Å². The highest BCUT2D eigenvalue weighted by Gasteiger charge is 2.11. The summed E-state index contributed by atoms with van der Waals surface area (Å²) in [5.74, 6) is 0.128. The van der Waals surface area contributed by atoms with Crippen LogP contribution in [-0.2, 0) is 0 Å². The van der Waals surface area contributed by atoms with Gasteiger partial charge in [0.05, 0.1) is 6.54 Å². The Morgan fingerprint density at radius 3 is 3.00 bits per heavy atom. The minimum absolute atomic E-state index is 0.128. The van der Waals surface area contributed by atoms with E-state index in [4.69, 9.17) is 0 Å². The predicted octanol–water partition coefficient (Wildman–Crippen LogP) is 1.67. The lowest BCUT2D eigenvalue weighted by Crippen LogP contribution is -2.23. The summed E-state index contributed by atoms with van der Waals surface area (Å²) >= 11 is 0. The second kappa shape index (κ2) is 4.17.